The van der Waals surface area contributed by atoms with E-state index in [1.165, 1.54) is 23.1 Å². The number of piperidine rings is 1. The Morgan fingerprint density at radius 2 is 1.96 bits per heavy atom. The highest BCUT2D eigenvalue weighted by Gasteiger charge is 2.40. The minimum absolute atomic E-state index is 0.218. The second kappa shape index (κ2) is 6.55. The van der Waals surface area contributed by atoms with Crippen LogP contribution in [0.25, 0.3) is 0 Å². The Morgan fingerprint density at radius 3 is 2.68 bits per heavy atom. The number of aromatic nitrogens is 2. The van der Waals surface area contributed by atoms with Crippen molar-refractivity contribution in [3.8, 4) is 0 Å². The first kappa shape index (κ1) is 16.2. The zero-order valence-corrected chi connectivity index (χ0v) is 13.8. The highest BCUT2D eigenvalue weighted by molar-refractivity contribution is 5.99. The fourth-order valence-electron chi connectivity index (χ4n) is 3.99. The first-order valence-electron chi connectivity index (χ1n) is 8.64. The minimum atomic E-state index is -0.693. The van der Waals surface area contributed by atoms with Crippen LogP contribution >= 0.6 is 0 Å². The molecule has 0 bridgehead atoms. The van der Waals surface area contributed by atoms with Gasteiger partial charge in [-0.15, -0.1) is 0 Å². The van der Waals surface area contributed by atoms with Gasteiger partial charge < -0.3 is 9.88 Å². The fraction of sp³-hybridized carbons (Fsp3) is 0.444. The van der Waals surface area contributed by atoms with Gasteiger partial charge in [0.25, 0.3) is 0 Å². The van der Waals surface area contributed by atoms with E-state index in [0.717, 1.165) is 31.8 Å². The molecule has 0 radical (unpaired) electrons. The largest absolute Gasteiger partial charge is 0.348 e. The van der Waals surface area contributed by atoms with Crippen molar-refractivity contribution in [2.75, 3.05) is 24.5 Å². The number of para-hydroxylation sites is 1. The molecule has 0 spiro atoms. The highest BCUT2D eigenvalue weighted by Crippen LogP contribution is 2.32. The lowest BCUT2D eigenvalue weighted by atomic mass is 9.95. The van der Waals surface area contributed by atoms with Crippen LogP contribution in [0.3, 0.4) is 0 Å². The van der Waals surface area contributed by atoms with Gasteiger partial charge in [-0.05, 0) is 37.9 Å². The summed E-state index contributed by atoms with van der Waals surface area (Å²) in [5.41, 5.74) is -0.227. The molecule has 25 heavy (non-hydrogen) atoms. The highest BCUT2D eigenvalue weighted by atomic mass is 19.1. The van der Waals surface area contributed by atoms with Gasteiger partial charge in [0, 0.05) is 31.4 Å². The number of halogens is 2. The summed E-state index contributed by atoms with van der Waals surface area (Å²) in [4.78, 5) is 23.7. The fourth-order valence-corrected chi connectivity index (χ4v) is 3.99. The molecule has 2 aliphatic heterocycles. The zero-order valence-electron chi connectivity index (χ0n) is 13.8. The molecule has 1 aromatic heterocycles. The first-order chi connectivity index (χ1) is 12.1. The number of nitrogens with zero attached hydrogens (tertiary/aromatic N) is 3. The molecule has 0 aliphatic carbocycles. The Bertz CT molecular complexity index is 744. The minimum Gasteiger partial charge on any atom is -0.348 e. The average molecular weight is 346 g/mol. The van der Waals surface area contributed by atoms with Gasteiger partial charge in [0.15, 0.2) is 0 Å². The summed E-state index contributed by atoms with van der Waals surface area (Å²) in [5, 5.41) is 0. The number of nitrogens with one attached hydrogen (secondary N) is 1. The summed E-state index contributed by atoms with van der Waals surface area (Å²) in [6.45, 7) is 1.89. The van der Waals surface area contributed by atoms with Crippen molar-refractivity contribution in [3.05, 3.63) is 48.1 Å². The molecular weight excluding hydrogens is 326 g/mol. The van der Waals surface area contributed by atoms with E-state index in [2.05, 4.69) is 14.9 Å². The third-order valence-corrected chi connectivity index (χ3v) is 5.18. The quantitative estimate of drug-likeness (QED) is 0.930. The summed E-state index contributed by atoms with van der Waals surface area (Å²) in [6.07, 6.45) is 6.12. The second-order valence-corrected chi connectivity index (χ2v) is 6.67. The Morgan fingerprint density at radius 1 is 1.16 bits per heavy atom. The van der Waals surface area contributed by atoms with Crippen LogP contribution in [0.5, 0.6) is 0 Å². The molecule has 7 heteroatoms. The van der Waals surface area contributed by atoms with Crippen LogP contribution in [0.1, 0.15) is 31.0 Å². The third-order valence-electron chi connectivity index (χ3n) is 5.18. The van der Waals surface area contributed by atoms with E-state index in [1.54, 1.807) is 12.4 Å². The Hall–Kier alpha value is -2.28. The lowest BCUT2D eigenvalue weighted by molar-refractivity contribution is -0.122. The lowest BCUT2D eigenvalue weighted by Crippen LogP contribution is -2.46. The van der Waals surface area contributed by atoms with Gasteiger partial charge in [-0.25, -0.2) is 13.8 Å². The molecule has 2 saturated heterocycles. The number of hydrogen-bond donors (Lipinski definition) is 1. The van der Waals surface area contributed by atoms with Gasteiger partial charge in [0.2, 0.25) is 5.91 Å². The van der Waals surface area contributed by atoms with Crippen molar-refractivity contribution in [2.45, 2.75) is 31.2 Å². The van der Waals surface area contributed by atoms with Gasteiger partial charge >= 0.3 is 0 Å². The number of H-pyrrole nitrogens is 1. The van der Waals surface area contributed by atoms with Crippen LogP contribution in [-0.2, 0) is 4.79 Å². The molecule has 0 saturated carbocycles. The summed E-state index contributed by atoms with van der Waals surface area (Å²) in [5.74, 6) is -0.408. The molecule has 2 fully saturated rings. The van der Waals surface area contributed by atoms with Gasteiger partial charge in [-0.3, -0.25) is 9.69 Å². The van der Waals surface area contributed by atoms with Crippen LogP contribution in [0.2, 0.25) is 0 Å². The van der Waals surface area contributed by atoms with Crippen LogP contribution in [0, 0.1) is 11.6 Å². The molecule has 2 aromatic rings. The Kier molecular flexibility index (Phi) is 4.25. The van der Waals surface area contributed by atoms with Gasteiger partial charge in [0.05, 0.1) is 6.04 Å². The number of carbonyl (C=O) groups excluding carboxylic acids is 1. The van der Waals surface area contributed by atoms with Crippen molar-refractivity contribution >= 4 is 11.6 Å². The molecular formula is C18H20F2N4O. The van der Waals surface area contributed by atoms with E-state index in [9.17, 15) is 13.6 Å². The van der Waals surface area contributed by atoms with Crippen molar-refractivity contribution in [1.82, 2.24) is 14.9 Å². The van der Waals surface area contributed by atoms with Crippen LogP contribution in [-0.4, -0.2) is 46.5 Å². The number of aromatic amines is 1. The molecule has 0 unspecified atom stereocenters. The molecule has 1 aromatic carbocycles. The van der Waals surface area contributed by atoms with E-state index in [1.807, 2.05) is 0 Å². The van der Waals surface area contributed by atoms with E-state index in [4.69, 9.17) is 0 Å². The van der Waals surface area contributed by atoms with Crippen molar-refractivity contribution in [2.24, 2.45) is 0 Å². The van der Waals surface area contributed by atoms with Crippen LogP contribution in [0.4, 0.5) is 14.5 Å². The lowest BCUT2D eigenvalue weighted by Gasteiger charge is -2.35. The number of rotatable bonds is 3. The van der Waals surface area contributed by atoms with Crippen molar-refractivity contribution in [1.29, 1.82) is 0 Å². The summed E-state index contributed by atoms with van der Waals surface area (Å²) >= 11 is 0. The van der Waals surface area contributed by atoms with Gasteiger partial charge in [-0.1, -0.05) is 6.07 Å². The molecule has 3 heterocycles. The van der Waals surface area contributed by atoms with E-state index >= 15 is 0 Å². The maximum atomic E-state index is 14.0. The maximum Gasteiger partial charge on any atom is 0.244 e. The average Bonchev–Trinajstić information content (AvgIpc) is 3.26. The molecule has 4 rings (SSSR count). The predicted molar refractivity (Wildman–Crippen MR) is 89.3 cm³/mol. The maximum absolute atomic E-state index is 14.0. The van der Waals surface area contributed by atoms with Gasteiger partial charge in [-0.2, -0.15) is 0 Å². The summed E-state index contributed by atoms with van der Waals surface area (Å²) in [7, 11) is 0. The monoisotopic (exact) mass is 346 g/mol. The molecule has 1 amide bonds. The Labute approximate surface area is 144 Å². The molecule has 2 aliphatic rings. The van der Waals surface area contributed by atoms with Gasteiger partial charge in [0.1, 0.15) is 23.1 Å². The number of benzene rings is 1. The smallest absolute Gasteiger partial charge is 0.244 e. The number of likely N-dealkylation sites (tertiary alicyclic amines) is 1. The number of carbonyl (C=O) groups is 1. The number of anilines is 1. The topological polar surface area (TPSA) is 52.2 Å². The molecule has 5 nitrogen and oxygen atoms in total. The standard InChI is InChI=1S/C18H20F2N4O/c19-13-4-1-5-14(20)16(13)24-10-6-15(18(24)25)23-9-2-3-12(11-23)17-21-7-8-22-17/h1,4-5,7-8,12,15H,2-3,6,9-11H2,(H,21,22)/t12-,15-/m0/s1. The van der Waals surface area contributed by atoms with Crippen molar-refractivity contribution in [3.63, 3.8) is 0 Å². The SMILES string of the molecule is O=C1[C@@H](N2CCC[C@H](c3ncc[nH]3)C2)CCN1c1c(F)cccc1F. The normalized spacial score (nSPS) is 24.9. The van der Waals surface area contributed by atoms with Crippen LogP contribution in [0.15, 0.2) is 30.6 Å². The van der Waals surface area contributed by atoms with E-state index < -0.39 is 11.6 Å². The van der Waals surface area contributed by atoms with Crippen molar-refractivity contribution < 1.29 is 13.6 Å². The molecule has 132 valence electrons. The Balaban J connectivity index is 1.52. The third kappa shape index (κ3) is 2.93. The van der Waals surface area contributed by atoms with E-state index in [-0.39, 0.29) is 23.6 Å². The predicted octanol–water partition coefficient (Wildman–Crippen LogP) is 2.67. The summed E-state index contributed by atoms with van der Waals surface area (Å²) in [6, 6.07) is 3.36. The van der Waals surface area contributed by atoms with Crippen LogP contribution < -0.4 is 4.90 Å². The van der Waals surface area contributed by atoms with E-state index in [0.29, 0.717) is 13.0 Å². The molecule has 1 N–H and O–H groups in total. The summed E-state index contributed by atoms with van der Waals surface area (Å²) < 4.78 is 28.1. The first-order valence-corrected chi connectivity index (χ1v) is 8.64. The second-order valence-electron chi connectivity index (χ2n) is 6.67. The number of imidazole rings is 1. The zero-order chi connectivity index (χ0) is 17.4. The number of hydrogen-bond acceptors (Lipinski definition) is 3. The molecule has 2 atom stereocenters. The number of amides is 1.